The molecule has 0 aliphatic rings. The van der Waals surface area contributed by atoms with Gasteiger partial charge in [-0.05, 0) is 24.4 Å². The number of fused-ring (bicyclic) bond motifs is 1. The van der Waals surface area contributed by atoms with E-state index in [9.17, 15) is 13.6 Å². The summed E-state index contributed by atoms with van der Waals surface area (Å²) in [4.78, 5) is 22.6. The Labute approximate surface area is 171 Å². The summed E-state index contributed by atoms with van der Waals surface area (Å²) >= 11 is 0. The second-order valence-electron chi connectivity index (χ2n) is 6.77. The van der Waals surface area contributed by atoms with Gasteiger partial charge in [-0.1, -0.05) is 24.3 Å². The monoisotopic (exact) mass is 408 g/mol. The molecule has 2 aromatic carbocycles. The van der Waals surface area contributed by atoms with E-state index in [-0.39, 0.29) is 11.7 Å². The van der Waals surface area contributed by atoms with Crippen LogP contribution in [-0.4, -0.2) is 37.7 Å². The fraction of sp³-hybridized carbons (Fsp3) is 0.143. The number of hydrogen-bond acceptors (Lipinski definition) is 4. The third kappa shape index (κ3) is 3.57. The Kier molecular flexibility index (Phi) is 5.09. The first-order chi connectivity index (χ1) is 14.5. The molecule has 0 spiro atoms. The minimum absolute atomic E-state index is 0.169. The molecule has 152 valence electrons. The van der Waals surface area contributed by atoms with Crippen molar-refractivity contribution in [2.75, 3.05) is 12.4 Å². The zero-order chi connectivity index (χ0) is 21.3. The molecule has 4 aromatic rings. The van der Waals surface area contributed by atoms with Crippen LogP contribution in [0, 0.1) is 11.6 Å². The third-order valence-corrected chi connectivity index (χ3v) is 4.96. The molecule has 1 unspecified atom stereocenters. The molecule has 2 amide bonds. The Morgan fingerprint density at radius 3 is 2.60 bits per heavy atom. The summed E-state index contributed by atoms with van der Waals surface area (Å²) in [6.07, 6.45) is 4.70. The molecular weight excluding hydrogens is 390 g/mol. The van der Waals surface area contributed by atoms with Crippen LogP contribution in [-0.2, 0) is 0 Å². The van der Waals surface area contributed by atoms with Crippen LogP contribution in [0.1, 0.15) is 18.5 Å². The number of carbonyl (C=O) groups excluding carboxylic acids is 1. The Morgan fingerprint density at radius 1 is 1.13 bits per heavy atom. The van der Waals surface area contributed by atoms with Gasteiger partial charge in [0.15, 0.2) is 17.5 Å². The third-order valence-electron chi connectivity index (χ3n) is 4.96. The van der Waals surface area contributed by atoms with Crippen LogP contribution >= 0.6 is 0 Å². The van der Waals surface area contributed by atoms with Crippen molar-refractivity contribution in [3.8, 4) is 5.82 Å². The fourth-order valence-electron chi connectivity index (χ4n) is 3.20. The average Bonchev–Trinajstić information content (AvgIpc) is 3.29. The average molecular weight is 408 g/mol. The van der Waals surface area contributed by atoms with Gasteiger partial charge in [-0.15, -0.1) is 0 Å². The number of amides is 2. The molecule has 1 atom stereocenters. The van der Waals surface area contributed by atoms with Crippen LogP contribution in [0.5, 0.6) is 0 Å². The van der Waals surface area contributed by atoms with Gasteiger partial charge >= 0.3 is 6.03 Å². The summed E-state index contributed by atoms with van der Waals surface area (Å²) in [6.45, 7) is 1.86. The zero-order valence-electron chi connectivity index (χ0n) is 16.3. The number of hydrogen-bond donors (Lipinski definition) is 1. The van der Waals surface area contributed by atoms with E-state index in [0.29, 0.717) is 5.82 Å². The Morgan fingerprint density at radius 2 is 1.90 bits per heavy atom. The Bertz CT molecular complexity index is 1210. The molecular formula is C21H18F2N6O. The summed E-state index contributed by atoms with van der Waals surface area (Å²) in [5, 5.41) is 8.50. The number of anilines is 1. The molecule has 7 nitrogen and oxygen atoms in total. The first kappa shape index (κ1) is 19.4. The molecule has 0 aliphatic heterocycles. The van der Waals surface area contributed by atoms with Crippen LogP contribution in [0.4, 0.5) is 19.3 Å². The summed E-state index contributed by atoms with van der Waals surface area (Å²) in [7, 11) is 1.62. The number of rotatable bonds is 4. The maximum absolute atomic E-state index is 13.4. The van der Waals surface area contributed by atoms with Gasteiger partial charge in [0.1, 0.15) is 12.7 Å². The first-order valence-corrected chi connectivity index (χ1v) is 9.17. The van der Waals surface area contributed by atoms with E-state index < -0.39 is 17.7 Å². The summed E-state index contributed by atoms with van der Waals surface area (Å²) < 4.78 is 28.1. The van der Waals surface area contributed by atoms with Crippen molar-refractivity contribution in [2.24, 2.45) is 0 Å². The smallest absolute Gasteiger partial charge is 0.321 e. The molecule has 2 heterocycles. The molecule has 30 heavy (non-hydrogen) atoms. The van der Waals surface area contributed by atoms with Gasteiger partial charge < -0.3 is 10.2 Å². The minimum atomic E-state index is -1.03. The van der Waals surface area contributed by atoms with Crippen molar-refractivity contribution < 1.29 is 13.6 Å². The van der Waals surface area contributed by atoms with E-state index in [1.807, 2.05) is 31.2 Å². The van der Waals surface area contributed by atoms with Crippen molar-refractivity contribution in [2.45, 2.75) is 13.0 Å². The quantitative estimate of drug-likeness (QED) is 0.546. The van der Waals surface area contributed by atoms with E-state index >= 15 is 0 Å². The predicted octanol–water partition coefficient (Wildman–Crippen LogP) is 4.32. The molecule has 1 N–H and O–H groups in total. The van der Waals surface area contributed by atoms with Gasteiger partial charge in [0, 0.05) is 35.9 Å². The number of benzene rings is 2. The number of nitrogens with zero attached hydrogens (tertiary/aromatic N) is 5. The molecule has 0 saturated carbocycles. The fourth-order valence-corrected chi connectivity index (χ4v) is 3.20. The van der Waals surface area contributed by atoms with Gasteiger partial charge in [0.25, 0.3) is 0 Å². The maximum atomic E-state index is 13.4. The standard InChI is InChI=1S/C21H18F2N6O/c1-13(28(2)21(30)27-14-7-8-18(22)19(23)9-14)17-10-25-20(29-12-24-11-26-29)16-6-4-3-5-15(16)17/h3-13H,1-2H3,(H,27,30). The second kappa shape index (κ2) is 7.86. The summed E-state index contributed by atoms with van der Waals surface area (Å²) in [5.74, 6) is -1.37. The van der Waals surface area contributed by atoms with Crippen molar-refractivity contribution in [3.05, 3.63) is 78.5 Å². The number of carbonyl (C=O) groups is 1. The number of halogens is 2. The molecule has 0 bridgehead atoms. The van der Waals surface area contributed by atoms with Crippen LogP contribution in [0.3, 0.4) is 0 Å². The highest BCUT2D eigenvalue weighted by molar-refractivity contribution is 5.93. The van der Waals surface area contributed by atoms with E-state index in [0.717, 1.165) is 28.5 Å². The Hall–Kier alpha value is -3.88. The van der Waals surface area contributed by atoms with Crippen LogP contribution in [0.15, 0.2) is 61.3 Å². The van der Waals surface area contributed by atoms with Crippen molar-refractivity contribution >= 4 is 22.5 Å². The van der Waals surface area contributed by atoms with Gasteiger partial charge in [-0.2, -0.15) is 5.10 Å². The lowest BCUT2D eigenvalue weighted by molar-refractivity contribution is 0.208. The maximum Gasteiger partial charge on any atom is 0.322 e. The molecule has 4 rings (SSSR count). The van der Waals surface area contributed by atoms with Crippen molar-refractivity contribution in [3.63, 3.8) is 0 Å². The minimum Gasteiger partial charge on any atom is -0.321 e. The number of aromatic nitrogens is 4. The molecule has 0 aliphatic carbocycles. The molecule has 9 heteroatoms. The van der Waals surface area contributed by atoms with E-state index in [4.69, 9.17) is 0 Å². The SMILES string of the molecule is CC(c1cnc(-n2cncn2)c2ccccc12)N(C)C(=O)Nc1ccc(F)c(F)c1. The Balaban J connectivity index is 1.64. The lowest BCUT2D eigenvalue weighted by Crippen LogP contribution is -2.33. The van der Waals surface area contributed by atoms with Crippen LogP contribution < -0.4 is 5.32 Å². The van der Waals surface area contributed by atoms with Gasteiger partial charge in [0.2, 0.25) is 0 Å². The lowest BCUT2D eigenvalue weighted by atomic mass is 10.0. The zero-order valence-corrected chi connectivity index (χ0v) is 16.3. The first-order valence-electron chi connectivity index (χ1n) is 9.17. The van der Waals surface area contributed by atoms with Crippen LogP contribution in [0.25, 0.3) is 16.6 Å². The highest BCUT2D eigenvalue weighted by atomic mass is 19.2. The van der Waals surface area contributed by atoms with Gasteiger partial charge in [-0.25, -0.2) is 28.2 Å². The van der Waals surface area contributed by atoms with Crippen molar-refractivity contribution in [1.82, 2.24) is 24.6 Å². The second-order valence-corrected chi connectivity index (χ2v) is 6.77. The number of urea groups is 1. The largest absolute Gasteiger partial charge is 0.322 e. The molecule has 0 fully saturated rings. The van der Waals surface area contributed by atoms with E-state index in [1.165, 1.54) is 17.3 Å². The summed E-state index contributed by atoms with van der Waals surface area (Å²) in [6, 6.07) is 10.1. The summed E-state index contributed by atoms with van der Waals surface area (Å²) in [5.41, 5.74) is 1.000. The van der Waals surface area contributed by atoms with Crippen molar-refractivity contribution in [1.29, 1.82) is 0 Å². The number of nitrogens with one attached hydrogen (secondary N) is 1. The van der Waals surface area contributed by atoms with E-state index in [1.54, 1.807) is 24.3 Å². The van der Waals surface area contributed by atoms with Crippen LogP contribution in [0.2, 0.25) is 0 Å². The molecule has 0 radical (unpaired) electrons. The van der Waals surface area contributed by atoms with E-state index in [2.05, 4.69) is 20.4 Å². The predicted molar refractivity (Wildman–Crippen MR) is 108 cm³/mol. The normalized spacial score (nSPS) is 12.0. The topological polar surface area (TPSA) is 75.9 Å². The van der Waals surface area contributed by atoms with Gasteiger partial charge in [0.05, 0.1) is 6.04 Å². The van der Waals surface area contributed by atoms with Gasteiger partial charge in [-0.3, -0.25) is 0 Å². The number of pyridine rings is 1. The molecule has 0 saturated heterocycles. The highest BCUT2D eigenvalue weighted by Gasteiger charge is 2.21. The highest BCUT2D eigenvalue weighted by Crippen LogP contribution is 2.30. The lowest BCUT2D eigenvalue weighted by Gasteiger charge is -2.26. The molecule has 2 aromatic heterocycles.